The number of anilines is 1. The number of hydrogen-bond donors (Lipinski definition) is 1. The Bertz CT molecular complexity index is 1010. The average Bonchev–Trinajstić information content (AvgIpc) is 3.18. The summed E-state index contributed by atoms with van der Waals surface area (Å²) in [5.41, 5.74) is 1.75. The number of amides is 1. The first-order chi connectivity index (χ1) is 14.6. The molecule has 2 aromatic carbocycles. The number of nitrogens with zero attached hydrogens (tertiary/aromatic N) is 3. The van der Waals surface area contributed by atoms with Crippen molar-refractivity contribution in [3.63, 3.8) is 0 Å². The van der Waals surface area contributed by atoms with Crippen molar-refractivity contribution in [1.82, 2.24) is 15.0 Å². The first-order valence-corrected chi connectivity index (χ1v) is 10.7. The molecule has 3 aromatic rings. The van der Waals surface area contributed by atoms with Gasteiger partial charge < -0.3 is 9.84 Å². The topological polar surface area (TPSA) is 71.3 Å². The Morgan fingerprint density at radius 3 is 2.77 bits per heavy atom. The summed E-state index contributed by atoms with van der Waals surface area (Å²) in [4.78, 5) is 19.5. The highest BCUT2D eigenvalue weighted by Gasteiger charge is 2.30. The number of nitrogens with one attached hydrogen (secondary N) is 1. The lowest BCUT2D eigenvalue weighted by atomic mass is 10.0. The molecule has 30 heavy (non-hydrogen) atoms. The van der Waals surface area contributed by atoms with Crippen molar-refractivity contribution < 1.29 is 9.32 Å². The molecule has 0 radical (unpaired) electrons. The molecule has 1 aliphatic heterocycles. The molecular formula is C22H22Cl2N4O2. The van der Waals surface area contributed by atoms with Crippen LogP contribution in [-0.4, -0.2) is 33.5 Å². The summed E-state index contributed by atoms with van der Waals surface area (Å²) in [5.74, 6) is 1.09. The van der Waals surface area contributed by atoms with Crippen LogP contribution in [0, 0.1) is 0 Å². The number of piperidine rings is 1. The summed E-state index contributed by atoms with van der Waals surface area (Å²) in [6, 6.07) is 14.8. The fourth-order valence-corrected chi connectivity index (χ4v) is 3.95. The van der Waals surface area contributed by atoms with Crippen LogP contribution in [0.2, 0.25) is 10.0 Å². The van der Waals surface area contributed by atoms with Gasteiger partial charge >= 0.3 is 0 Å². The average molecular weight is 445 g/mol. The van der Waals surface area contributed by atoms with Gasteiger partial charge in [-0.3, -0.25) is 9.69 Å². The van der Waals surface area contributed by atoms with Crippen LogP contribution in [0.4, 0.5) is 5.69 Å². The first-order valence-electron chi connectivity index (χ1n) is 9.94. The molecule has 1 unspecified atom stereocenters. The van der Waals surface area contributed by atoms with Crippen molar-refractivity contribution in [1.29, 1.82) is 0 Å². The van der Waals surface area contributed by atoms with Crippen molar-refractivity contribution in [3.05, 3.63) is 75.9 Å². The van der Waals surface area contributed by atoms with E-state index in [9.17, 15) is 4.79 Å². The zero-order valence-electron chi connectivity index (χ0n) is 16.4. The Morgan fingerprint density at radius 2 is 1.97 bits per heavy atom. The number of likely N-dealkylation sites (tertiary alicyclic amines) is 1. The predicted octanol–water partition coefficient (Wildman–Crippen LogP) is 4.96. The van der Waals surface area contributed by atoms with Crippen LogP contribution in [0.1, 0.15) is 36.5 Å². The van der Waals surface area contributed by atoms with E-state index in [1.165, 1.54) is 0 Å². The molecule has 0 aliphatic carbocycles. The lowest BCUT2D eigenvalue weighted by Crippen LogP contribution is -2.46. The second kappa shape index (κ2) is 9.60. The molecule has 1 atom stereocenters. The molecule has 0 bridgehead atoms. The van der Waals surface area contributed by atoms with Gasteiger partial charge in [-0.2, -0.15) is 4.98 Å². The molecule has 8 heteroatoms. The summed E-state index contributed by atoms with van der Waals surface area (Å²) >= 11 is 12.0. The SMILES string of the molecule is O=C(Nc1ccc(Cl)c(Cl)c1)C1CCCCN1Cc1nc(Cc2ccccc2)no1. The minimum Gasteiger partial charge on any atom is -0.338 e. The van der Waals surface area contributed by atoms with E-state index < -0.39 is 0 Å². The maximum absolute atomic E-state index is 12.9. The molecule has 1 aromatic heterocycles. The van der Waals surface area contributed by atoms with Crippen LogP contribution in [0.15, 0.2) is 53.1 Å². The smallest absolute Gasteiger partial charge is 0.241 e. The van der Waals surface area contributed by atoms with Gasteiger partial charge in [-0.05, 0) is 43.1 Å². The summed E-state index contributed by atoms with van der Waals surface area (Å²) in [6.07, 6.45) is 3.42. The molecule has 0 spiro atoms. The Labute approximate surface area is 185 Å². The van der Waals surface area contributed by atoms with Crippen molar-refractivity contribution >= 4 is 34.8 Å². The first kappa shape index (κ1) is 20.8. The van der Waals surface area contributed by atoms with Crippen molar-refractivity contribution in [3.8, 4) is 0 Å². The standard InChI is InChI=1S/C22H22Cl2N4O2/c23-17-10-9-16(13-18(17)24)25-22(29)19-8-4-5-11-28(19)14-21-26-20(27-30-21)12-15-6-2-1-3-7-15/h1-3,6-7,9-10,13,19H,4-5,8,11-12,14H2,(H,25,29). The fraction of sp³-hybridized carbons (Fsp3) is 0.318. The second-order valence-electron chi connectivity index (χ2n) is 7.37. The zero-order chi connectivity index (χ0) is 20.9. The Kier molecular flexibility index (Phi) is 6.67. The number of benzene rings is 2. The predicted molar refractivity (Wildman–Crippen MR) is 117 cm³/mol. The third-order valence-electron chi connectivity index (χ3n) is 5.16. The molecule has 1 saturated heterocycles. The van der Waals surface area contributed by atoms with Gasteiger partial charge in [-0.15, -0.1) is 0 Å². The number of hydrogen-bond acceptors (Lipinski definition) is 5. The lowest BCUT2D eigenvalue weighted by Gasteiger charge is -2.33. The summed E-state index contributed by atoms with van der Waals surface area (Å²) in [7, 11) is 0. The number of rotatable bonds is 6. The maximum atomic E-state index is 12.9. The molecule has 156 valence electrons. The van der Waals surface area contributed by atoms with E-state index in [4.69, 9.17) is 27.7 Å². The number of carbonyl (C=O) groups excluding carboxylic acids is 1. The molecule has 4 rings (SSSR count). The molecule has 2 heterocycles. The van der Waals surface area contributed by atoms with Gasteiger partial charge in [0.15, 0.2) is 5.82 Å². The van der Waals surface area contributed by atoms with Gasteiger partial charge in [0, 0.05) is 12.1 Å². The Hall–Kier alpha value is -2.41. The fourth-order valence-electron chi connectivity index (χ4n) is 3.65. The minimum absolute atomic E-state index is 0.0721. The van der Waals surface area contributed by atoms with Crippen LogP contribution in [0.25, 0.3) is 0 Å². The highest BCUT2D eigenvalue weighted by Crippen LogP contribution is 2.26. The van der Waals surface area contributed by atoms with Gasteiger partial charge in [0.1, 0.15) is 0 Å². The maximum Gasteiger partial charge on any atom is 0.241 e. The van der Waals surface area contributed by atoms with Crippen molar-refractivity contribution in [2.24, 2.45) is 0 Å². The van der Waals surface area contributed by atoms with E-state index in [1.54, 1.807) is 18.2 Å². The van der Waals surface area contributed by atoms with Crippen LogP contribution < -0.4 is 5.32 Å². The van der Waals surface area contributed by atoms with E-state index in [-0.39, 0.29) is 11.9 Å². The van der Waals surface area contributed by atoms with E-state index in [0.717, 1.165) is 31.4 Å². The van der Waals surface area contributed by atoms with E-state index >= 15 is 0 Å². The Balaban J connectivity index is 1.41. The highest BCUT2D eigenvalue weighted by molar-refractivity contribution is 6.42. The highest BCUT2D eigenvalue weighted by atomic mass is 35.5. The van der Waals surface area contributed by atoms with Gasteiger partial charge in [0.05, 0.1) is 22.6 Å². The molecule has 1 amide bonds. The summed E-state index contributed by atoms with van der Waals surface area (Å²) < 4.78 is 5.45. The summed E-state index contributed by atoms with van der Waals surface area (Å²) in [6.45, 7) is 1.25. The Morgan fingerprint density at radius 1 is 1.13 bits per heavy atom. The number of halogens is 2. The van der Waals surface area contributed by atoms with Crippen LogP contribution in [-0.2, 0) is 17.8 Å². The quantitative estimate of drug-likeness (QED) is 0.581. The largest absolute Gasteiger partial charge is 0.338 e. The lowest BCUT2D eigenvalue weighted by molar-refractivity contribution is -0.122. The van der Waals surface area contributed by atoms with Gasteiger partial charge in [0.2, 0.25) is 11.8 Å². The normalized spacial score (nSPS) is 17.1. The van der Waals surface area contributed by atoms with E-state index in [0.29, 0.717) is 40.4 Å². The van der Waals surface area contributed by atoms with E-state index in [1.807, 2.05) is 30.3 Å². The summed E-state index contributed by atoms with van der Waals surface area (Å²) in [5, 5.41) is 7.90. The third kappa shape index (κ3) is 5.19. The molecule has 1 N–H and O–H groups in total. The van der Waals surface area contributed by atoms with E-state index in [2.05, 4.69) is 20.4 Å². The third-order valence-corrected chi connectivity index (χ3v) is 5.90. The molecule has 6 nitrogen and oxygen atoms in total. The van der Waals surface area contributed by atoms with Gasteiger partial charge in [-0.1, -0.05) is 65.1 Å². The second-order valence-corrected chi connectivity index (χ2v) is 8.18. The van der Waals surface area contributed by atoms with Crippen molar-refractivity contribution in [2.45, 2.75) is 38.3 Å². The molecule has 0 saturated carbocycles. The molecular weight excluding hydrogens is 423 g/mol. The van der Waals surface area contributed by atoms with Crippen LogP contribution in [0.5, 0.6) is 0 Å². The zero-order valence-corrected chi connectivity index (χ0v) is 17.9. The van der Waals surface area contributed by atoms with Gasteiger partial charge in [0.25, 0.3) is 0 Å². The van der Waals surface area contributed by atoms with Crippen molar-refractivity contribution in [2.75, 3.05) is 11.9 Å². The number of carbonyl (C=O) groups is 1. The van der Waals surface area contributed by atoms with Crippen LogP contribution >= 0.6 is 23.2 Å². The monoisotopic (exact) mass is 444 g/mol. The molecule has 1 aliphatic rings. The number of aromatic nitrogens is 2. The van der Waals surface area contributed by atoms with Crippen LogP contribution in [0.3, 0.4) is 0 Å². The molecule has 1 fully saturated rings. The van der Waals surface area contributed by atoms with Gasteiger partial charge in [-0.25, -0.2) is 0 Å². The minimum atomic E-state index is -0.266.